The predicted molar refractivity (Wildman–Crippen MR) is 94.6 cm³/mol. The summed E-state index contributed by atoms with van der Waals surface area (Å²) < 4.78 is 11.1. The highest BCUT2D eigenvalue weighted by Crippen LogP contribution is 2.44. The summed E-state index contributed by atoms with van der Waals surface area (Å²) in [6, 6.07) is 17.4. The number of furan rings is 1. The summed E-state index contributed by atoms with van der Waals surface area (Å²) in [4.78, 5) is 15.3. The summed E-state index contributed by atoms with van der Waals surface area (Å²) in [5.41, 5.74) is 2.82. The van der Waals surface area contributed by atoms with Crippen molar-refractivity contribution in [3.05, 3.63) is 83.8 Å². The Kier molecular flexibility index (Phi) is 4.02. The number of benzene rings is 2. The third-order valence-electron chi connectivity index (χ3n) is 4.57. The molecule has 0 unspecified atom stereocenters. The summed E-state index contributed by atoms with van der Waals surface area (Å²) in [7, 11) is 0. The molecule has 2 aromatic carbocycles. The van der Waals surface area contributed by atoms with Gasteiger partial charge >= 0.3 is 0 Å². The van der Waals surface area contributed by atoms with Gasteiger partial charge in [-0.3, -0.25) is 4.79 Å². The van der Waals surface area contributed by atoms with Crippen LogP contribution < -0.4 is 4.74 Å². The average Bonchev–Trinajstić information content (AvgIpc) is 3.16. The topological polar surface area (TPSA) is 42.7 Å². The monoisotopic (exact) mass is 333 g/mol. The maximum Gasteiger partial charge on any atom is 0.235 e. The number of hydrogen-bond acceptors (Lipinski definition) is 3. The van der Waals surface area contributed by atoms with Crippen LogP contribution in [0.25, 0.3) is 0 Å². The molecule has 4 nitrogen and oxygen atoms in total. The van der Waals surface area contributed by atoms with Gasteiger partial charge in [0.2, 0.25) is 5.91 Å². The second-order valence-electron chi connectivity index (χ2n) is 6.09. The van der Waals surface area contributed by atoms with E-state index in [2.05, 4.69) is 0 Å². The molecule has 3 aromatic rings. The molecule has 2 heterocycles. The fourth-order valence-electron chi connectivity index (χ4n) is 3.31. The van der Waals surface area contributed by atoms with E-state index in [4.69, 9.17) is 9.15 Å². The van der Waals surface area contributed by atoms with Crippen LogP contribution in [0.15, 0.2) is 71.5 Å². The molecule has 0 atom stereocenters. The van der Waals surface area contributed by atoms with Gasteiger partial charge in [0.25, 0.3) is 0 Å². The molecular formula is C21H19NO3. The molecule has 0 radical (unpaired) electrons. The van der Waals surface area contributed by atoms with E-state index in [1.165, 1.54) is 0 Å². The van der Waals surface area contributed by atoms with Gasteiger partial charge in [-0.2, -0.15) is 0 Å². The van der Waals surface area contributed by atoms with Crippen LogP contribution in [0.1, 0.15) is 29.5 Å². The SMILES string of the molecule is CCN(Cc1ccoc1)C(=O)C1c2ccccc2Oc2ccccc21. The fourth-order valence-corrected chi connectivity index (χ4v) is 3.31. The highest BCUT2D eigenvalue weighted by molar-refractivity contribution is 5.89. The Bertz CT molecular complexity index is 840. The zero-order valence-electron chi connectivity index (χ0n) is 14.0. The minimum atomic E-state index is -0.354. The van der Waals surface area contributed by atoms with E-state index < -0.39 is 0 Å². The summed E-state index contributed by atoms with van der Waals surface area (Å²) in [5, 5.41) is 0. The molecule has 0 spiro atoms. The number of amides is 1. The van der Waals surface area contributed by atoms with Gasteiger partial charge in [0, 0.05) is 29.8 Å². The first kappa shape index (κ1) is 15.5. The molecule has 0 bridgehead atoms. The second-order valence-corrected chi connectivity index (χ2v) is 6.09. The molecule has 0 fully saturated rings. The van der Waals surface area contributed by atoms with Crippen LogP contribution in [0.2, 0.25) is 0 Å². The third kappa shape index (κ3) is 2.80. The highest BCUT2D eigenvalue weighted by Gasteiger charge is 2.34. The van der Waals surface area contributed by atoms with Crippen LogP contribution in [-0.4, -0.2) is 17.4 Å². The van der Waals surface area contributed by atoms with Crippen LogP contribution in [0.4, 0.5) is 0 Å². The first-order valence-corrected chi connectivity index (χ1v) is 8.43. The minimum Gasteiger partial charge on any atom is -0.472 e. The lowest BCUT2D eigenvalue weighted by Crippen LogP contribution is -2.36. The van der Waals surface area contributed by atoms with Gasteiger partial charge in [-0.15, -0.1) is 0 Å². The van der Waals surface area contributed by atoms with E-state index in [0.29, 0.717) is 13.1 Å². The standard InChI is InChI=1S/C21H19NO3/c1-2-22(13-15-11-12-24-14-15)21(23)20-16-7-3-5-9-18(16)25-19-10-6-4-8-17(19)20/h3-12,14,20H,2,13H2,1H3. The number of para-hydroxylation sites is 2. The van der Waals surface area contributed by atoms with Crippen LogP contribution in [0.5, 0.6) is 11.5 Å². The molecule has 1 aromatic heterocycles. The van der Waals surface area contributed by atoms with Crippen molar-refractivity contribution in [2.45, 2.75) is 19.4 Å². The molecule has 25 heavy (non-hydrogen) atoms. The molecule has 0 saturated heterocycles. The van der Waals surface area contributed by atoms with Gasteiger partial charge in [-0.05, 0) is 25.1 Å². The number of fused-ring (bicyclic) bond motifs is 2. The number of hydrogen-bond donors (Lipinski definition) is 0. The van der Waals surface area contributed by atoms with Gasteiger partial charge in [0.15, 0.2) is 0 Å². The van der Waals surface area contributed by atoms with E-state index in [-0.39, 0.29) is 11.8 Å². The number of likely N-dealkylation sites (N-methyl/N-ethyl adjacent to an activating group) is 1. The Balaban J connectivity index is 1.74. The number of nitrogens with zero attached hydrogens (tertiary/aromatic N) is 1. The van der Waals surface area contributed by atoms with Crippen molar-refractivity contribution in [2.75, 3.05) is 6.54 Å². The van der Waals surface area contributed by atoms with Crippen LogP contribution in [-0.2, 0) is 11.3 Å². The largest absolute Gasteiger partial charge is 0.472 e. The molecule has 126 valence electrons. The summed E-state index contributed by atoms with van der Waals surface area (Å²) >= 11 is 0. The van der Waals surface area contributed by atoms with Crippen LogP contribution in [0.3, 0.4) is 0 Å². The fraction of sp³-hybridized carbons (Fsp3) is 0.190. The first-order valence-electron chi connectivity index (χ1n) is 8.43. The van der Waals surface area contributed by atoms with Crippen molar-refractivity contribution < 1.29 is 13.9 Å². The predicted octanol–water partition coefficient (Wildman–Crippen LogP) is 4.57. The highest BCUT2D eigenvalue weighted by atomic mass is 16.5. The van der Waals surface area contributed by atoms with E-state index in [9.17, 15) is 4.79 Å². The Morgan fingerprint density at radius 3 is 2.20 bits per heavy atom. The number of carbonyl (C=O) groups is 1. The quantitative estimate of drug-likeness (QED) is 0.702. The van der Waals surface area contributed by atoms with Gasteiger partial charge in [-0.1, -0.05) is 36.4 Å². The number of carbonyl (C=O) groups excluding carboxylic acids is 1. The zero-order chi connectivity index (χ0) is 17.2. The molecule has 1 aliphatic rings. The molecule has 0 aliphatic carbocycles. The van der Waals surface area contributed by atoms with E-state index in [1.807, 2.05) is 66.4 Å². The van der Waals surface area contributed by atoms with E-state index in [1.54, 1.807) is 12.5 Å². The molecular weight excluding hydrogens is 314 g/mol. The van der Waals surface area contributed by atoms with Crippen molar-refractivity contribution in [1.29, 1.82) is 0 Å². The van der Waals surface area contributed by atoms with Crippen molar-refractivity contribution >= 4 is 5.91 Å². The summed E-state index contributed by atoms with van der Waals surface area (Å²) in [6.07, 6.45) is 3.31. The van der Waals surface area contributed by atoms with Gasteiger partial charge in [-0.25, -0.2) is 0 Å². The van der Waals surface area contributed by atoms with Crippen LogP contribution >= 0.6 is 0 Å². The molecule has 4 rings (SSSR count). The lowest BCUT2D eigenvalue weighted by molar-refractivity contribution is -0.132. The lowest BCUT2D eigenvalue weighted by Gasteiger charge is -2.31. The van der Waals surface area contributed by atoms with Crippen molar-refractivity contribution in [1.82, 2.24) is 4.90 Å². The Hall–Kier alpha value is -3.01. The maximum atomic E-state index is 13.4. The molecule has 0 N–H and O–H groups in total. The maximum absolute atomic E-state index is 13.4. The molecule has 1 aliphatic heterocycles. The minimum absolute atomic E-state index is 0.0758. The Morgan fingerprint density at radius 2 is 1.64 bits per heavy atom. The van der Waals surface area contributed by atoms with Crippen LogP contribution in [0, 0.1) is 0 Å². The van der Waals surface area contributed by atoms with Crippen molar-refractivity contribution in [2.24, 2.45) is 0 Å². The third-order valence-corrected chi connectivity index (χ3v) is 4.57. The van der Waals surface area contributed by atoms with E-state index in [0.717, 1.165) is 28.2 Å². The molecule has 0 saturated carbocycles. The summed E-state index contributed by atoms with van der Waals surface area (Å²) in [5.74, 6) is 1.22. The first-order chi connectivity index (χ1) is 12.3. The normalized spacial score (nSPS) is 12.8. The lowest BCUT2D eigenvalue weighted by atomic mass is 9.86. The average molecular weight is 333 g/mol. The van der Waals surface area contributed by atoms with Crippen molar-refractivity contribution in [3.8, 4) is 11.5 Å². The Labute approximate surface area is 146 Å². The Morgan fingerprint density at radius 1 is 1.00 bits per heavy atom. The van der Waals surface area contributed by atoms with Gasteiger partial charge < -0.3 is 14.1 Å². The summed E-state index contributed by atoms with van der Waals surface area (Å²) in [6.45, 7) is 3.16. The van der Waals surface area contributed by atoms with Gasteiger partial charge in [0.05, 0.1) is 18.4 Å². The second kappa shape index (κ2) is 6.48. The number of rotatable bonds is 4. The zero-order valence-corrected chi connectivity index (χ0v) is 14.0. The molecule has 4 heteroatoms. The smallest absolute Gasteiger partial charge is 0.235 e. The van der Waals surface area contributed by atoms with Crippen molar-refractivity contribution in [3.63, 3.8) is 0 Å². The number of ether oxygens (including phenoxy) is 1. The van der Waals surface area contributed by atoms with Gasteiger partial charge in [0.1, 0.15) is 11.5 Å². The van der Waals surface area contributed by atoms with E-state index >= 15 is 0 Å². The molecule has 1 amide bonds.